The first-order chi connectivity index (χ1) is 4.00. The molecule has 0 bridgehead atoms. The Morgan fingerprint density at radius 3 is 1.56 bits per heavy atom. The fourth-order valence-electron chi connectivity index (χ4n) is 0.802. The van der Waals surface area contributed by atoms with Gasteiger partial charge in [-0.1, -0.05) is 6.42 Å². The molecule has 1 saturated heterocycles. The molecule has 1 rings (SSSR count). The van der Waals surface area contributed by atoms with Crippen LogP contribution in [0.2, 0.25) is 0 Å². The second-order valence-corrected chi connectivity index (χ2v) is 1.81. The van der Waals surface area contributed by atoms with Crippen molar-refractivity contribution in [3.05, 3.63) is 0 Å². The third-order valence-electron chi connectivity index (χ3n) is 1.21. The molecule has 1 aliphatic heterocycles. The summed E-state index contributed by atoms with van der Waals surface area (Å²) in [6, 6.07) is 0. The monoisotopic (exact) mass is 301 g/mol. The molecule has 0 unspecified atom stereocenters. The number of aliphatic hydroxyl groups is 1. The number of hydrogen-bond acceptors (Lipinski definition) is 2. The van der Waals surface area contributed by atoms with E-state index in [1.807, 2.05) is 0 Å². The van der Waals surface area contributed by atoms with Gasteiger partial charge in [0.05, 0.1) is 0 Å². The van der Waals surface area contributed by atoms with Crippen LogP contribution in [0, 0.1) is 0 Å². The average molecular weight is 301 g/mol. The summed E-state index contributed by atoms with van der Waals surface area (Å²) in [5.41, 5.74) is 0. The van der Waals surface area contributed by atoms with Crippen molar-refractivity contribution in [3.63, 3.8) is 0 Å². The summed E-state index contributed by atoms with van der Waals surface area (Å²) in [6.07, 6.45) is 4.22. The molecule has 0 atom stereocenters. The maximum absolute atomic E-state index is 7.00. The molecule has 2 nitrogen and oxygen atoms in total. The molecule has 0 aromatic heterocycles. The molecular weight excluding hydrogens is 286 g/mol. The number of piperidine rings is 1. The van der Waals surface area contributed by atoms with Crippen LogP contribution in [-0.4, -0.2) is 25.3 Å². The molecule has 0 aliphatic carbocycles. The third-order valence-corrected chi connectivity index (χ3v) is 1.21. The summed E-state index contributed by atoms with van der Waals surface area (Å²) in [5.74, 6) is 0. The smallest absolute Gasteiger partial charge is 0.0319 e. The Bertz CT molecular complexity index is 28.5. The largest absolute Gasteiger partial charge is 0.400 e. The molecule has 0 amide bonds. The summed E-state index contributed by atoms with van der Waals surface area (Å²) in [4.78, 5) is 0. The van der Waals surface area contributed by atoms with Gasteiger partial charge < -0.3 is 10.4 Å². The van der Waals surface area contributed by atoms with E-state index in [-0.39, 0.29) is 21.1 Å². The van der Waals surface area contributed by atoms with Crippen molar-refractivity contribution in [1.29, 1.82) is 0 Å². The summed E-state index contributed by atoms with van der Waals surface area (Å²) in [5, 5.41) is 10.3. The maximum atomic E-state index is 7.00. The maximum Gasteiger partial charge on any atom is 0.0319 e. The van der Waals surface area contributed by atoms with Crippen LogP contribution in [0.3, 0.4) is 0 Å². The van der Waals surface area contributed by atoms with Crippen LogP contribution in [0.1, 0.15) is 19.3 Å². The van der Waals surface area contributed by atoms with E-state index < -0.39 is 0 Å². The molecule has 9 heavy (non-hydrogen) atoms. The second-order valence-electron chi connectivity index (χ2n) is 1.81. The molecule has 2 N–H and O–H groups in total. The van der Waals surface area contributed by atoms with Gasteiger partial charge in [0.2, 0.25) is 0 Å². The zero-order chi connectivity index (χ0) is 6.24. The Hall–Kier alpha value is 0.608. The third kappa shape index (κ3) is 8.61. The van der Waals surface area contributed by atoms with E-state index in [2.05, 4.69) is 5.32 Å². The Balaban J connectivity index is 0. The van der Waals surface area contributed by atoms with Gasteiger partial charge in [0.25, 0.3) is 0 Å². The van der Waals surface area contributed by atoms with Gasteiger partial charge in [-0.3, -0.25) is 0 Å². The molecular formula is C6H15NOW. The van der Waals surface area contributed by atoms with Crippen LogP contribution >= 0.6 is 0 Å². The average Bonchev–Trinajstić information content (AvgIpc) is 1.96. The second kappa shape index (κ2) is 11.4. The van der Waals surface area contributed by atoms with Crippen molar-refractivity contribution >= 4 is 0 Å². The van der Waals surface area contributed by atoms with E-state index >= 15 is 0 Å². The van der Waals surface area contributed by atoms with Crippen molar-refractivity contribution in [2.45, 2.75) is 19.3 Å². The van der Waals surface area contributed by atoms with Crippen molar-refractivity contribution < 1.29 is 26.2 Å². The van der Waals surface area contributed by atoms with Crippen molar-refractivity contribution in [3.8, 4) is 0 Å². The standard InChI is InChI=1S/C5H11N.CH4O.W/c1-2-4-6-5-3-1;1-2;/h6H,1-5H2;2H,1H3;. The van der Waals surface area contributed by atoms with Crippen LogP contribution in [-0.2, 0) is 21.1 Å². The van der Waals surface area contributed by atoms with Gasteiger partial charge in [-0.2, -0.15) is 0 Å². The minimum Gasteiger partial charge on any atom is -0.400 e. The Morgan fingerprint density at radius 2 is 1.44 bits per heavy atom. The summed E-state index contributed by atoms with van der Waals surface area (Å²) in [6.45, 7) is 2.50. The summed E-state index contributed by atoms with van der Waals surface area (Å²) >= 11 is 0. The number of hydrogen-bond donors (Lipinski definition) is 2. The van der Waals surface area contributed by atoms with Gasteiger partial charge in [0.1, 0.15) is 0 Å². The first-order valence-corrected chi connectivity index (χ1v) is 3.15. The predicted molar refractivity (Wildman–Crippen MR) is 34.9 cm³/mol. The summed E-state index contributed by atoms with van der Waals surface area (Å²) < 4.78 is 0. The topological polar surface area (TPSA) is 32.3 Å². The Kier molecular flexibility index (Phi) is 15.6. The molecule has 0 radical (unpaired) electrons. The fraction of sp³-hybridized carbons (Fsp3) is 1.00. The normalized spacial score (nSPS) is 16.7. The molecule has 3 heteroatoms. The fourth-order valence-corrected chi connectivity index (χ4v) is 0.802. The minimum atomic E-state index is 0. The van der Waals surface area contributed by atoms with Crippen LogP contribution in [0.5, 0.6) is 0 Å². The molecule has 0 saturated carbocycles. The van der Waals surface area contributed by atoms with E-state index in [0.29, 0.717) is 0 Å². The van der Waals surface area contributed by atoms with Crippen LogP contribution in [0.4, 0.5) is 0 Å². The van der Waals surface area contributed by atoms with Crippen LogP contribution in [0.15, 0.2) is 0 Å². The molecule has 0 spiro atoms. The molecule has 1 fully saturated rings. The van der Waals surface area contributed by atoms with E-state index in [9.17, 15) is 0 Å². The number of rotatable bonds is 0. The summed E-state index contributed by atoms with van der Waals surface area (Å²) in [7, 11) is 1.00. The van der Waals surface area contributed by atoms with Gasteiger partial charge in [0.15, 0.2) is 0 Å². The van der Waals surface area contributed by atoms with Crippen molar-refractivity contribution in [1.82, 2.24) is 5.32 Å². The van der Waals surface area contributed by atoms with E-state index in [0.717, 1.165) is 7.11 Å². The molecule has 0 aromatic carbocycles. The number of aliphatic hydroxyl groups excluding tert-OH is 1. The Morgan fingerprint density at radius 1 is 1.00 bits per heavy atom. The van der Waals surface area contributed by atoms with Gasteiger partial charge in [-0.05, 0) is 25.9 Å². The van der Waals surface area contributed by atoms with E-state index in [4.69, 9.17) is 5.11 Å². The first kappa shape index (κ1) is 12.3. The van der Waals surface area contributed by atoms with E-state index in [1.54, 1.807) is 0 Å². The SMILES string of the molecule is C1CCNCC1.CO.[W]. The van der Waals surface area contributed by atoms with Crippen molar-refractivity contribution in [2.75, 3.05) is 20.2 Å². The predicted octanol–water partition coefficient (Wildman–Crippen LogP) is 0.366. The molecule has 0 aromatic rings. The van der Waals surface area contributed by atoms with Crippen LogP contribution < -0.4 is 5.32 Å². The van der Waals surface area contributed by atoms with Crippen LogP contribution in [0.25, 0.3) is 0 Å². The van der Waals surface area contributed by atoms with Gasteiger partial charge in [-0.25, -0.2) is 0 Å². The van der Waals surface area contributed by atoms with Gasteiger partial charge >= 0.3 is 0 Å². The minimum absolute atomic E-state index is 0. The first-order valence-electron chi connectivity index (χ1n) is 3.15. The van der Waals surface area contributed by atoms with Gasteiger partial charge in [-0.15, -0.1) is 0 Å². The Labute approximate surface area is 71.3 Å². The van der Waals surface area contributed by atoms with Gasteiger partial charge in [0, 0.05) is 28.2 Å². The molecule has 56 valence electrons. The molecule has 1 aliphatic rings. The quantitative estimate of drug-likeness (QED) is 0.677. The van der Waals surface area contributed by atoms with E-state index in [1.165, 1.54) is 32.4 Å². The number of nitrogens with one attached hydrogen (secondary N) is 1. The zero-order valence-electron chi connectivity index (χ0n) is 5.89. The molecule has 1 heterocycles. The zero-order valence-corrected chi connectivity index (χ0v) is 8.82. The van der Waals surface area contributed by atoms with Crippen molar-refractivity contribution in [2.24, 2.45) is 0 Å².